The molecule has 0 bridgehead atoms. The van der Waals surface area contributed by atoms with Crippen molar-refractivity contribution in [1.82, 2.24) is 0 Å². The number of rotatable bonds is 8. The second-order valence-corrected chi connectivity index (χ2v) is 9.70. The maximum absolute atomic E-state index is 14.0. The van der Waals surface area contributed by atoms with Crippen molar-refractivity contribution in [2.75, 3.05) is 28.4 Å². The van der Waals surface area contributed by atoms with Crippen LogP contribution in [0.2, 0.25) is 5.02 Å². The van der Waals surface area contributed by atoms with Gasteiger partial charge in [0.25, 0.3) is 0 Å². The van der Waals surface area contributed by atoms with Gasteiger partial charge < -0.3 is 33.9 Å². The van der Waals surface area contributed by atoms with E-state index in [1.165, 1.54) is 34.5 Å². The van der Waals surface area contributed by atoms with Crippen LogP contribution in [0.25, 0.3) is 0 Å². The largest absolute Gasteiger partial charge is 0.507 e. The summed E-state index contributed by atoms with van der Waals surface area (Å²) in [5, 5.41) is 21.7. The molecule has 0 fully saturated rings. The second kappa shape index (κ2) is 10.8. The molecule has 1 heterocycles. The van der Waals surface area contributed by atoms with Gasteiger partial charge in [-0.1, -0.05) is 24.6 Å². The lowest BCUT2D eigenvalue weighted by Crippen LogP contribution is -2.53. The Morgan fingerprint density at radius 3 is 2.36 bits per heavy atom. The van der Waals surface area contributed by atoms with Gasteiger partial charge in [0.2, 0.25) is 11.4 Å². The number of carbonyl (C=O) groups is 3. The van der Waals surface area contributed by atoms with Crippen molar-refractivity contribution in [1.29, 1.82) is 0 Å². The minimum Gasteiger partial charge on any atom is -0.507 e. The van der Waals surface area contributed by atoms with E-state index < -0.39 is 40.7 Å². The SMILES string of the molecule is COC(=O)CC(C1=C(O)C2(Oc3c(Cl)c(OC)cc(OC)c3C2=O)C(C)CC1=O)c1ccc(OC)c(CO)c1. The van der Waals surface area contributed by atoms with E-state index in [9.17, 15) is 24.6 Å². The van der Waals surface area contributed by atoms with Crippen LogP contribution in [0.5, 0.6) is 23.0 Å². The molecular formula is C28H29ClO10. The first kappa shape index (κ1) is 28.3. The molecule has 39 heavy (non-hydrogen) atoms. The molecule has 3 atom stereocenters. The molecule has 10 nitrogen and oxygen atoms in total. The molecule has 2 aromatic rings. The van der Waals surface area contributed by atoms with Crippen LogP contribution in [0.4, 0.5) is 0 Å². The van der Waals surface area contributed by atoms with Crippen LogP contribution in [0.3, 0.4) is 0 Å². The molecule has 0 saturated carbocycles. The number of ketones is 2. The maximum Gasteiger partial charge on any atom is 0.306 e. The summed E-state index contributed by atoms with van der Waals surface area (Å²) in [5.41, 5.74) is -1.34. The highest BCUT2D eigenvalue weighted by Gasteiger charge is 2.61. The zero-order valence-electron chi connectivity index (χ0n) is 22.1. The topological polar surface area (TPSA) is 138 Å². The first-order valence-corrected chi connectivity index (χ1v) is 12.5. The third-order valence-corrected chi connectivity index (χ3v) is 7.69. The number of halogens is 1. The Hall–Kier alpha value is -3.76. The monoisotopic (exact) mass is 560 g/mol. The Labute approximate surface area is 230 Å². The zero-order valence-corrected chi connectivity index (χ0v) is 22.9. The van der Waals surface area contributed by atoms with E-state index in [0.717, 1.165) is 0 Å². The Kier molecular flexibility index (Phi) is 7.81. The number of allylic oxidation sites excluding steroid dienone is 1. The number of aliphatic hydroxyl groups is 2. The number of aliphatic hydroxyl groups excluding tert-OH is 2. The molecular weight excluding hydrogens is 532 g/mol. The van der Waals surface area contributed by atoms with Gasteiger partial charge in [-0.25, -0.2) is 0 Å². The van der Waals surface area contributed by atoms with Gasteiger partial charge in [0.1, 0.15) is 27.8 Å². The van der Waals surface area contributed by atoms with E-state index in [0.29, 0.717) is 16.9 Å². The lowest BCUT2D eigenvalue weighted by Gasteiger charge is -2.38. The molecule has 0 amide bonds. The van der Waals surface area contributed by atoms with E-state index in [1.807, 2.05) is 0 Å². The normalized spacial score (nSPS) is 20.9. The van der Waals surface area contributed by atoms with E-state index >= 15 is 0 Å². The molecule has 1 spiro atoms. The van der Waals surface area contributed by atoms with Crippen LogP contribution in [0, 0.1) is 5.92 Å². The molecule has 2 aromatic carbocycles. The standard InChI is InChI=1S/C28H29ClO10/c1-13-8-17(31)22(16(10-21(32)38-5)14-6-7-18(35-2)15(9-14)12-30)26(33)28(13)27(34)23-19(36-3)11-20(37-4)24(29)25(23)39-28/h6-7,9,11,13,16,30,33H,8,10,12H2,1-5H3. The summed E-state index contributed by atoms with van der Waals surface area (Å²) < 4.78 is 27.0. The Balaban J connectivity index is 1.96. The average Bonchev–Trinajstić information content (AvgIpc) is 3.25. The molecule has 208 valence electrons. The number of carbonyl (C=O) groups excluding carboxylic acids is 3. The predicted octanol–water partition coefficient (Wildman–Crippen LogP) is 3.94. The van der Waals surface area contributed by atoms with Gasteiger partial charge in [-0.05, 0) is 17.7 Å². The minimum absolute atomic E-state index is 0.00540. The molecule has 0 radical (unpaired) electrons. The van der Waals surface area contributed by atoms with E-state index in [1.54, 1.807) is 25.1 Å². The van der Waals surface area contributed by atoms with Gasteiger partial charge in [-0.15, -0.1) is 0 Å². The first-order chi connectivity index (χ1) is 18.6. The number of Topliss-reactive ketones (excluding diaryl/α,β-unsaturated/α-hetero) is 2. The fraction of sp³-hybridized carbons (Fsp3) is 0.393. The Bertz CT molecular complexity index is 1380. The molecule has 1 aliphatic heterocycles. The fourth-order valence-corrected chi connectivity index (χ4v) is 5.58. The first-order valence-electron chi connectivity index (χ1n) is 12.1. The Morgan fingerprint density at radius 2 is 1.77 bits per heavy atom. The van der Waals surface area contributed by atoms with Crippen molar-refractivity contribution in [2.45, 2.75) is 37.9 Å². The molecule has 0 aromatic heterocycles. The number of fused-ring (bicyclic) bond motifs is 1. The molecule has 4 rings (SSSR count). The van der Waals surface area contributed by atoms with Crippen molar-refractivity contribution >= 4 is 29.1 Å². The highest BCUT2D eigenvalue weighted by Crippen LogP contribution is 2.55. The zero-order chi connectivity index (χ0) is 28.6. The molecule has 1 aliphatic carbocycles. The molecule has 0 saturated heterocycles. The van der Waals surface area contributed by atoms with E-state index in [2.05, 4.69) is 0 Å². The lowest BCUT2D eigenvalue weighted by molar-refractivity contribution is -0.140. The summed E-state index contributed by atoms with van der Waals surface area (Å²) in [5.74, 6) is -3.54. The van der Waals surface area contributed by atoms with Crippen molar-refractivity contribution < 1.29 is 48.3 Å². The third kappa shape index (κ3) is 4.37. The number of ether oxygens (including phenoxy) is 5. The second-order valence-electron chi connectivity index (χ2n) is 9.32. The number of benzene rings is 2. The van der Waals surface area contributed by atoms with Crippen molar-refractivity contribution in [2.24, 2.45) is 5.92 Å². The van der Waals surface area contributed by atoms with Gasteiger partial charge in [-0.2, -0.15) is 0 Å². The van der Waals surface area contributed by atoms with Crippen LogP contribution in [-0.4, -0.2) is 61.8 Å². The van der Waals surface area contributed by atoms with Gasteiger partial charge in [0.05, 0.1) is 41.5 Å². The molecule has 3 unspecified atom stereocenters. The van der Waals surface area contributed by atoms with Crippen LogP contribution < -0.4 is 18.9 Å². The van der Waals surface area contributed by atoms with Gasteiger partial charge >= 0.3 is 5.97 Å². The van der Waals surface area contributed by atoms with E-state index in [4.69, 9.17) is 35.3 Å². The van der Waals surface area contributed by atoms with Crippen molar-refractivity contribution in [3.8, 4) is 23.0 Å². The van der Waals surface area contributed by atoms with Crippen molar-refractivity contribution in [3.05, 3.63) is 57.3 Å². The van der Waals surface area contributed by atoms with Crippen LogP contribution >= 0.6 is 11.6 Å². The molecule has 11 heteroatoms. The quantitative estimate of drug-likeness (QED) is 0.456. The third-order valence-electron chi connectivity index (χ3n) is 7.34. The summed E-state index contributed by atoms with van der Waals surface area (Å²) in [6.45, 7) is 1.23. The van der Waals surface area contributed by atoms with Crippen LogP contribution in [0.1, 0.15) is 47.2 Å². The highest BCUT2D eigenvalue weighted by molar-refractivity contribution is 6.35. The maximum atomic E-state index is 14.0. The predicted molar refractivity (Wildman–Crippen MR) is 139 cm³/mol. The van der Waals surface area contributed by atoms with Gasteiger partial charge in [0.15, 0.2) is 17.3 Å². The number of hydrogen-bond acceptors (Lipinski definition) is 10. The summed E-state index contributed by atoms with van der Waals surface area (Å²) in [7, 11) is 5.41. The summed E-state index contributed by atoms with van der Waals surface area (Å²) in [6.07, 6.45) is -0.501. The minimum atomic E-state index is -2.00. The van der Waals surface area contributed by atoms with Crippen LogP contribution in [0.15, 0.2) is 35.6 Å². The molecule has 2 N–H and O–H groups in total. The Morgan fingerprint density at radius 1 is 1.10 bits per heavy atom. The summed E-state index contributed by atoms with van der Waals surface area (Å²) >= 11 is 6.50. The summed E-state index contributed by atoms with van der Waals surface area (Å²) in [4.78, 5) is 40.0. The van der Waals surface area contributed by atoms with Gasteiger partial charge in [-0.3, -0.25) is 14.4 Å². The fourth-order valence-electron chi connectivity index (χ4n) is 5.31. The molecule has 2 aliphatic rings. The van der Waals surface area contributed by atoms with Crippen LogP contribution in [-0.2, 0) is 20.9 Å². The summed E-state index contributed by atoms with van der Waals surface area (Å²) in [6, 6.07) is 6.20. The smallest absolute Gasteiger partial charge is 0.306 e. The van der Waals surface area contributed by atoms with Crippen molar-refractivity contribution in [3.63, 3.8) is 0 Å². The highest BCUT2D eigenvalue weighted by atomic mass is 35.5. The lowest BCUT2D eigenvalue weighted by atomic mass is 9.69. The number of methoxy groups -OCH3 is 4. The number of esters is 1. The number of hydrogen-bond donors (Lipinski definition) is 2. The van der Waals surface area contributed by atoms with Gasteiger partial charge in [0, 0.05) is 35.5 Å². The average molecular weight is 561 g/mol. The van der Waals surface area contributed by atoms with E-state index in [-0.39, 0.29) is 52.9 Å².